The first kappa shape index (κ1) is 19.0. The van der Waals surface area contributed by atoms with Crippen LogP contribution >= 0.6 is 0 Å². The number of hydrogen-bond donors (Lipinski definition) is 0. The van der Waals surface area contributed by atoms with Crippen LogP contribution in [0.1, 0.15) is 47.6 Å². The fourth-order valence-corrected chi connectivity index (χ4v) is 3.80. The Morgan fingerprint density at radius 3 is 1.81 bits per heavy atom. The molecule has 27 heavy (non-hydrogen) atoms. The quantitative estimate of drug-likeness (QED) is 0.344. The van der Waals surface area contributed by atoms with Gasteiger partial charge in [-0.25, -0.2) is 0 Å². The summed E-state index contributed by atoms with van der Waals surface area (Å²) in [7, 11) is 1.77. The minimum absolute atomic E-state index is 0.201. The van der Waals surface area contributed by atoms with E-state index in [4.69, 9.17) is 4.74 Å². The van der Waals surface area contributed by atoms with Crippen LogP contribution in [0.15, 0.2) is 84.9 Å². The zero-order valence-corrected chi connectivity index (χ0v) is 16.5. The van der Waals surface area contributed by atoms with Crippen molar-refractivity contribution in [3.8, 4) is 5.75 Å². The first-order valence-corrected chi connectivity index (χ1v) is 9.58. The Kier molecular flexibility index (Phi) is 6.13. The first-order valence-electron chi connectivity index (χ1n) is 9.58. The van der Waals surface area contributed by atoms with Crippen molar-refractivity contribution in [2.75, 3.05) is 7.11 Å². The van der Waals surface area contributed by atoms with Crippen LogP contribution in [0.25, 0.3) is 0 Å². The third kappa shape index (κ3) is 4.31. The van der Waals surface area contributed by atoms with Crippen LogP contribution in [-0.2, 0) is 12.8 Å². The lowest BCUT2D eigenvalue weighted by molar-refractivity contribution is 0.405. The van der Waals surface area contributed by atoms with Crippen LogP contribution in [0.4, 0.5) is 0 Å². The maximum Gasteiger partial charge on any atom is 0.125 e. The minimum Gasteiger partial charge on any atom is -0.496 e. The molecule has 0 aromatic heterocycles. The van der Waals surface area contributed by atoms with Gasteiger partial charge in [0, 0.05) is 5.92 Å². The number of benzene rings is 3. The molecule has 0 spiro atoms. The van der Waals surface area contributed by atoms with Crippen molar-refractivity contribution in [2.45, 2.75) is 32.6 Å². The van der Waals surface area contributed by atoms with E-state index in [1.165, 1.54) is 27.8 Å². The second kappa shape index (κ2) is 8.73. The zero-order chi connectivity index (χ0) is 19.2. The Labute approximate surface area is 163 Å². The molecule has 0 saturated carbocycles. The molecule has 3 aromatic rings. The van der Waals surface area contributed by atoms with Crippen molar-refractivity contribution < 1.29 is 4.74 Å². The molecule has 1 nitrogen and oxygen atoms in total. The van der Waals surface area contributed by atoms with E-state index in [9.17, 15) is 0 Å². The van der Waals surface area contributed by atoms with Gasteiger partial charge in [0.1, 0.15) is 5.75 Å². The van der Waals surface area contributed by atoms with Gasteiger partial charge in [0.05, 0.1) is 7.11 Å². The highest BCUT2D eigenvalue weighted by Gasteiger charge is 2.20. The zero-order valence-electron chi connectivity index (χ0n) is 16.5. The van der Waals surface area contributed by atoms with Crippen LogP contribution < -0.4 is 4.74 Å². The molecule has 0 bridgehead atoms. The molecule has 3 aromatic carbocycles. The molecule has 1 heteroatoms. The van der Waals surface area contributed by atoms with Gasteiger partial charge in [-0.15, -0.1) is 0 Å². The number of rotatable bonds is 7. The normalized spacial score (nSPS) is 10.8. The molecular weight excluding hydrogens is 328 g/mol. The van der Waals surface area contributed by atoms with E-state index in [1.54, 1.807) is 7.11 Å². The molecule has 3 rings (SSSR count). The van der Waals surface area contributed by atoms with Gasteiger partial charge in [-0.1, -0.05) is 91.9 Å². The lowest BCUT2D eigenvalue weighted by atomic mass is 9.83. The topological polar surface area (TPSA) is 9.23 Å². The Balaban J connectivity index is 2.21. The number of aryl methyl sites for hydroxylation is 1. The fourth-order valence-electron chi connectivity index (χ4n) is 3.80. The molecule has 0 radical (unpaired) electrons. The molecule has 0 atom stereocenters. The largest absolute Gasteiger partial charge is 0.496 e. The fraction of sp³-hybridized carbons (Fsp3) is 0.231. The summed E-state index contributed by atoms with van der Waals surface area (Å²) < 4.78 is 5.77. The van der Waals surface area contributed by atoms with E-state index < -0.39 is 0 Å². The van der Waals surface area contributed by atoms with Crippen LogP contribution in [0.3, 0.4) is 0 Å². The van der Waals surface area contributed by atoms with Gasteiger partial charge >= 0.3 is 0 Å². The van der Waals surface area contributed by atoms with Crippen molar-refractivity contribution in [3.05, 3.63) is 113 Å². The molecule has 0 unspecified atom stereocenters. The highest BCUT2D eigenvalue weighted by molar-refractivity contribution is 5.52. The summed E-state index contributed by atoms with van der Waals surface area (Å²) in [5.74, 6) is 1.21. The summed E-state index contributed by atoms with van der Waals surface area (Å²) in [6, 6.07) is 26.1. The van der Waals surface area contributed by atoms with Gasteiger partial charge in [0.2, 0.25) is 0 Å². The summed E-state index contributed by atoms with van der Waals surface area (Å²) in [5.41, 5.74) is 7.53. The minimum atomic E-state index is 0.201. The van der Waals surface area contributed by atoms with Crippen molar-refractivity contribution in [2.24, 2.45) is 0 Å². The number of methoxy groups -OCH3 is 1. The molecule has 0 aliphatic heterocycles. The van der Waals surface area contributed by atoms with Gasteiger partial charge in [0.25, 0.3) is 0 Å². The summed E-state index contributed by atoms with van der Waals surface area (Å²) in [4.78, 5) is 0. The maximum atomic E-state index is 5.77. The average Bonchev–Trinajstić information content (AvgIpc) is 2.69. The molecule has 0 amide bonds. The maximum absolute atomic E-state index is 5.77. The predicted octanol–water partition coefficient (Wildman–Crippen LogP) is 6.56. The van der Waals surface area contributed by atoms with Crippen LogP contribution in [-0.4, -0.2) is 7.11 Å². The monoisotopic (exact) mass is 356 g/mol. The molecule has 0 N–H and O–H groups in total. The number of allylic oxidation sites excluding steroid dienone is 1. The van der Waals surface area contributed by atoms with Gasteiger partial charge in [-0.3, -0.25) is 0 Å². The lowest BCUT2D eigenvalue weighted by Gasteiger charge is -2.23. The summed E-state index contributed by atoms with van der Waals surface area (Å²) in [6.45, 7) is 8.38. The average molecular weight is 357 g/mol. The molecule has 138 valence electrons. The Morgan fingerprint density at radius 2 is 1.37 bits per heavy atom. The Morgan fingerprint density at radius 1 is 0.852 bits per heavy atom. The highest BCUT2D eigenvalue weighted by Crippen LogP contribution is 2.37. The van der Waals surface area contributed by atoms with Crippen molar-refractivity contribution in [3.63, 3.8) is 0 Å². The second-order valence-electron chi connectivity index (χ2n) is 7.11. The number of ether oxygens (including phenoxy) is 1. The lowest BCUT2D eigenvalue weighted by Crippen LogP contribution is -2.07. The smallest absolute Gasteiger partial charge is 0.125 e. The second-order valence-corrected chi connectivity index (χ2v) is 7.11. The standard InChI is InChI=1S/C26H28O/c1-5-20-17-23(18-24(16-19(2)3)26(20)27-4)25(21-12-8-6-9-13-21)22-14-10-7-11-15-22/h6-15,17-18,25H,2,5,16H2,1,3-4H3. The van der Waals surface area contributed by atoms with Gasteiger partial charge < -0.3 is 4.74 Å². The Hall–Kier alpha value is -2.80. The third-order valence-electron chi connectivity index (χ3n) is 4.94. The van der Waals surface area contributed by atoms with Crippen LogP contribution in [0.5, 0.6) is 5.75 Å². The summed E-state index contributed by atoms with van der Waals surface area (Å²) in [6.07, 6.45) is 1.77. The van der Waals surface area contributed by atoms with E-state index in [2.05, 4.69) is 93.2 Å². The summed E-state index contributed by atoms with van der Waals surface area (Å²) in [5, 5.41) is 0. The van der Waals surface area contributed by atoms with Crippen molar-refractivity contribution in [1.29, 1.82) is 0 Å². The van der Waals surface area contributed by atoms with E-state index in [-0.39, 0.29) is 5.92 Å². The van der Waals surface area contributed by atoms with Gasteiger partial charge in [-0.05, 0) is 47.6 Å². The summed E-state index contributed by atoms with van der Waals surface area (Å²) >= 11 is 0. The molecule has 0 heterocycles. The van der Waals surface area contributed by atoms with E-state index in [1.807, 2.05) is 0 Å². The Bertz CT molecular complexity index is 855. The van der Waals surface area contributed by atoms with E-state index in [0.29, 0.717) is 0 Å². The van der Waals surface area contributed by atoms with Crippen LogP contribution in [0.2, 0.25) is 0 Å². The SMILES string of the molecule is C=C(C)Cc1cc(C(c2ccccc2)c2ccccc2)cc(CC)c1OC. The van der Waals surface area contributed by atoms with Gasteiger partial charge in [-0.2, -0.15) is 0 Å². The molecule has 0 saturated heterocycles. The number of hydrogen-bond acceptors (Lipinski definition) is 1. The molecule has 0 aliphatic carbocycles. The third-order valence-corrected chi connectivity index (χ3v) is 4.94. The molecular formula is C26H28O. The van der Waals surface area contributed by atoms with E-state index in [0.717, 1.165) is 24.2 Å². The molecule has 0 aliphatic rings. The molecule has 0 fully saturated rings. The van der Waals surface area contributed by atoms with E-state index >= 15 is 0 Å². The highest BCUT2D eigenvalue weighted by atomic mass is 16.5. The predicted molar refractivity (Wildman–Crippen MR) is 115 cm³/mol. The van der Waals surface area contributed by atoms with Crippen molar-refractivity contribution >= 4 is 0 Å². The van der Waals surface area contributed by atoms with Crippen LogP contribution in [0, 0.1) is 0 Å². The first-order chi connectivity index (χ1) is 13.1. The van der Waals surface area contributed by atoms with Gasteiger partial charge in [0.15, 0.2) is 0 Å². The van der Waals surface area contributed by atoms with Crippen molar-refractivity contribution in [1.82, 2.24) is 0 Å².